The molecule has 30 heavy (non-hydrogen) atoms. The predicted molar refractivity (Wildman–Crippen MR) is 108 cm³/mol. The van der Waals surface area contributed by atoms with Crippen LogP contribution >= 0.6 is 0 Å². The highest BCUT2D eigenvalue weighted by molar-refractivity contribution is 6.14. The Morgan fingerprint density at radius 2 is 0.800 bits per heavy atom. The Hall–Kier alpha value is -2.64. The third-order valence-corrected chi connectivity index (χ3v) is 4.60. The van der Waals surface area contributed by atoms with Crippen LogP contribution < -0.4 is 0 Å². The fourth-order valence-electron chi connectivity index (χ4n) is 3.22. The third kappa shape index (κ3) is 8.00. The summed E-state index contributed by atoms with van der Waals surface area (Å²) in [7, 11) is 0. The molecule has 8 nitrogen and oxygen atoms in total. The fourth-order valence-corrected chi connectivity index (χ4v) is 3.22. The quantitative estimate of drug-likeness (QED) is 0.173. The lowest BCUT2D eigenvalue weighted by atomic mass is 9.80. The van der Waals surface area contributed by atoms with E-state index in [1.165, 1.54) is 0 Å². The second-order valence-corrected chi connectivity index (χ2v) is 6.72. The molecule has 0 N–H and O–H groups in total. The number of carbonyl (C=O) groups is 4. The minimum absolute atomic E-state index is 0.00732. The second-order valence-electron chi connectivity index (χ2n) is 6.72. The van der Waals surface area contributed by atoms with Gasteiger partial charge in [0.25, 0.3) is 0 Å². The van der Waals surface area contributed by atoms with Crippen molar-refractivity contribution in [2.75, 3.05) is 26.4 Å². The van der Waals surface area contributed by atoms with Gasteiger partial charge in [-0.05, 0) is 65.2 Å². The minimum atomic E-state index is -0.690. The van der Waals surface area contributed by atoms with Gasteiger partial charge in [-0.15, -0.1) is 0 Å². The molecule has 0 radical (unpaired) electrons. The van der Waals surface area contributed by atoms with Gasteiger partial charge in [0.2, 0.25) is 0 Å². The number of hydrogen-bond donors (Lipinski definition) is 0. The smallest absolute Gasteiger partial charge is 0.345 e. The molecule has 0 saturated heterocycles. The van der Waals surface area contributed by atoms with E-state index in [-0.39, 0.29) is 49.4 Å². The van der Waals surface area contributed by atoms with Gasteiger partial charge in [0.15, 0.2) is 0 Å². The van der Waals surface area contributed by atoms with Crippen LogP contribution in [0.4, 0.5) is 0 Å². The van der Waals surface area contributed by atoms with Crippen molar-refractivity contribution >= 4 is 23.9 Å². The SMILES string of the molecule is CCOC(=O)C(=CC1CCC(C=C(C(=O)OCC)C(=O)OCC)CC1)C(=O)OCC. The van der Waals surface area contributed by atoms with Crippen LogP contribution in [0.3, 0.4) is 0 Å². The van der Waals surface area contributed by atoms with E-state index in [4.69, 9.17) is 18.9 Å². The van der Waals surface area contributed by atoms with Gasteiger partial charge in [-0.3, -0.25) is 0 Å². The Morgan fingerprint density at radius 1 is 0.567 bits per heavy atom. The van der Waals surface area contributed by atoms with Crippen LogP contribution in [0.25, 0.3) is 0 Å². The highest BCUT2D eigenvalue weighted by Crippen LogP contribution is 2.32. The van der Waals surface area contributed by atoms with Gasteiger partial charge < -0.3 is 18.9 Å². The monoisotopic (exact) mass is 424 g/mol. The first-order valence-electron chi connectivity index (χ1n) is 10.5. The molecule has 1 aliphatic rings. The summed E-state index contributed by atoms with van der Waals surface area (Å²) in [4.78, 5) is 48.4. The molecule has 0 bridgehead atoms. The maximum absolute atomic E-state index is 12.1. The molecule has 1 rings (SSSR count). The van der Waals surface area contributed by atoms with Crippen molar-refractivity contribution in [1.29, 1.82) is 0 Å². The highest BCUT2D eigenvalue weighted by atomic mass is 16.6. The standard InChI is InChI=1S/C22H32O8/c1-5-27-19(23)17(20(24)28-6-2)13-15-9-11-16(12-10-15)14-18(21(25)29-7-3)22(26)30-8-4/h13-16H,5-12H2,1-4H3. The van der Waals surface area contributed by atoms with Crippen LogP contribution in [0.15, 0.2) is 23.3 Å². The first kappa shape index (κ1) is 25.4. The van der Waals surface area contributed by atoms with Gasteiger partial charge in [0, 0.05) is 0 Å². The van der Waals surface area contributed by atoms with Crippen LogP contribution in [0.2, 0.25) is 0 Å². The second kappa shape index (κ2) is 13.6. The van der Waals surface area contributed by atoms with Crippen LogP contribution in [-0.4, -0.2) is 50.3 Å². The third-order valence-electron chi connectivity index (χ3n) is 4.60. The minimum Gasteiger partial charge on any atom is -0.462 e. The zero-order valence-corrected chi connectivity index (χ0v) is 18.2. The van der Waals surface area contributed by atoms with Crippen LogP contribution in [0.1, 0.15) is 53.4 Å². The van der Waals surface area contributed by atoms with E-state index in [1.807, 2.05) is 0 Å². The molecule has 0 unspecified atom stereocenters. The Balaban J connectivity index is 2.89. The lowest BCUT2D eigenvalue weighted by Crippen LogP contribution is -2.22. The molecule has 0 aromatic carbocycles. The van der Waals surface area contributed by atoms with E-state index >= 15 is 0 Å². The van der Waals surface area contributed by atoms with E-state index in [2.05, 4.69) is 0 Å². The lowest BCUT2D eigenvalue weighted by Gasteiger charge is -2.25. The molecule has 0 amide bonds. The number of carbonyl (C=O) groups excluding carboxylic acids is 4. The normalized spacial score (nSPS) is 17.9. The summed E-state index contributed by atoms with van der Waals surface area (Å²) >= 11 is 0. The van der Waals surface area contributed by atoms with Gasteiger partial charge in [0.05, 0.1) is 26.4 Å². The maximum atomic E-state index is 12.1. The number of rotatable bonds is 10. The molecule has 8 heteroatoms. The first-order valence-corrected chi connectivity index (χ1v) is 10.5. The van der Waals surface area contributed by atoms with Gasteiger partial charge >= 0.3 is 23.9 Å². The van der Waals surface area contributed by atoms with Crippen molar-refractivity contribution in [3.63, 3.8) is 0 Å². The van der Waals surface area contributed by atoms with Crippen LogP contribution in [0.5, 0.6) is 0 Å². The largest absolute Gasteiger partial charge is 0.462 e. The summed E-state index contributed by atoms with van der Waals surface area (Å²) in [5, 5.41) is 0. The Bertz CT molecular complexity index is 571. The molecule has 168 valence electrons. The number of allylic oxidation sites excluding steroid dienone is 2. The van der Waals surface area contributed by atoms with Gasteiger partial charge in [-0.25, -0.2) is 19.2 Å². The summed E-state index contributed by atoms with van der Waals surface area (Å²) in [6.45, 7) is 7.34. The van der Waals surface area contributed by atoms with Gasteiger partial charge in [-0.1, -0.05) is 12.2 Å². The first-order chi connectivity index (χ1) is 14.4. The van der Waals surface area contributed by atoms with Crippen molar-refractivity contribution in [2.45, 2.75) is 53.4 Å². The van der Waals surface area contributed by atoms with Gasteiger partial charge in [-0.2, -0.15) is 0 Å². The van der Waals surface area contributed by atoms with Crippen LogP contribution in [0, 0.1) is 11.8 Å². The van der Waals surface area contributed by atoms with E-state index in [9.17, 15) is 19.2 Å². The predicted octanol–water partition coefficient (Wildman–Crippen LogP) is 2.90. The number of esters is 4. The van der Waals surface area contributed by atoms with Crippen molar-refractivity contribution < 1.29 is 38.1 Å². The molecular formula is C22H32O8. The highest BCUT2D eigenvalue weighted by Gasteiger charge is 2.28. The average Bonchev–Trinajstić information content (AvgIpc) is 2.71. The Morgan fingerprint density at radius 3 is 1.00 bits per heavy atom. The maximum Gasteiger partial charge on any atom is 0.345 e. The number of ether oxygens (including phenoxy) is 4. The topological polar surface area (TPSA) is 105 Å². The van der Waals surface area contributed by atoms with Crippen molar-refractivity contribution in [3.05, 3.63) is 23.3 Å². The zero-order valence-electron chi connectivity index (χ0n) is 18.2. The molecule has 0 spiro atoms. The van der Waals surface area contributed by atoms with E-state index < -0.39 is 23.9 Å². The van der Waals surface area contributed by atoms with Crippen molar-refractivity contribution in [1.82, 2.24) is 0 Å². The molecule has 0 atom stereocenters. The van der Waals surface area contributed by atoms with Crippen molar-refractivity contribution in [3.8, 4) is 0 Å². The fraction of sp³-hybridized carbons (Fsp3) is 0.636. The lowest BCUT2D eigenvalue weighted by molar-refractivity contribution is -0.148. The van der Waals surface area contributed by atoms with E-state index in [1.54, 1.807) is 39.8 Å². The van der Waals surface area contributed by atoms with E-state index in [0.29, 0.717) is 25.7 Å². The summed E-state index contributed by atoms with van der Waals surface area (Å²) in [5.74, 6) is -2.77. The molecule has 0 aromatic rings. The van der Waals surface area contributed by atoms with E-state index in [0.717, 1.165) is 0 Å². The summed E-state index contributed by atoms with van der Waals surface area (Å²) in [5.41, 5.74) is -0.173. The zero-order chi connectivity index (χ0) is 22.5. The Kier molecular flexibility index (Phi) is 11.5. The average molecular weight is 424 g/mol. The summed E-state index contributed by atoms with van der Waals surface area (Å²) in [6, 6.07) is 0. The van der Waals surface area contributed by atoms with Crippen molar-refractivity contribution in [2.24, 2.45) is 11.8 Å². The molecule has 0 heterocycles. The van der Waals surface area contributed by atoms with Gasteiger partial charge in [0.1, 0.15) is 11.1 Å². The molecular weight excluding hydrogens is 392 g/mol. The summed E-state index contributed by atoms with van der Waals surface area (Å²) < 4.78 is 19.9. The van der Waals surface area contributed by atoms with Crippen LogP contribution in [-0.2, 0) is 38.1 Å². The summed E-state index contributed by atoms with van der Waals surface area (Å²) in [6.07, 6.45) is 5.97. The Labute approximate surface area is 177 Å². The molecule has 1 aliphatic carbocycles. The number of hydrogen-bond acceptors (Lipinski definition) is 8. The molecule has 1 fully saturated rings. The molecule has 0 aliphatic heterocycles. The molecule has 0 aromatic heterocycles. The molecule has 1 saturated carbocycles.